The fourth-order valence-corrected chi connectivity index (χ4v) is 2.09. The standard InChI is InChI=1S/C17H28N2O3/c1-5-11-22-14-7-8-15(13(3)12-14)18-16(21)19-17(4,6-2)9-10-20/h7-8,12,20H,5-6,9-11H2,1-4H3,(H2,18,19,21). The zero-order valence-electron chi connectivity index (χ0n) is 14.0. The van der Waals surface area contributed by atoms with Crippen LogP contribution < -0.4 is 15.4 Å². The zero-order valence-corrected chi connectivity index (χ0v) is 14.0. The van der Waals surface area contributed by atoms with Crippen molar-refractivity contribution in [2.24, 2.45) is 0 Å². The number of aliphatic hydroxyl groups excluding tert-OH is 1. The van der Waals surface area contributed by atoms with E-state index < -0.39 is 5.54 Å². The van der Waals surface area contributed by atoms with Gasteiger partial charge in [0.2, 0.25) is 0 Å². The lowest BCUT2D eigenvalue weighted by Gasteiger charge is -2.29. The Morgan fingerprint density at radius 3 is 2.64 bits per heavy atom. The molecule has 1 aromatic carbocycles. The van der Waals surface area contributed by atoms with Crippen LogP contribution >= 0.6 is 0 Å². The molecule has 0 saturated carbocycles. The molecule has 2 amide bonds. The van der Waals surface area contributed by atoms with Crippen LogP contribution in [0, 0.1) is 6.92 Å². The average Bonchev–Trinajstić information content (AvgIpc) is 2.47. The van der Waals surface area contributed by atoms with Gasteiger partial charge in [-0.1, -0.05) is 13.8 Å². The van der Waals surface area contributed by atoms with Gasteiger partial charge in [-0.2, -0.15) is 0 Å². The fourth-order valence-electron chi connectivity index (χ4n) is 2.09. The van der Waals surface area contributed by atoms with Crippen molar-refractivity contribution in [3.63, 3.8) is 0 Å². The number of benzene rings is 1. The number of hydrogen-bond acceptors (Lipinski definition) is 3. The molecule has 5 heteroatoms. The SMILES string of the molecule is CCCOc1ccc(NC(=O)NC(C)(CC)CCO)c(C)c1. The smallest absolute Gasteiger partial charge is 0.319 e. The maximum absolute atomic E-state index is 12.1. The summed E-state index contributed by atoms with van der Waals surface area (Å²) in [6.07, 6.45) is 2.24. The Balaban J connectivity index is 2.68. The summed E-state index contributed by atoms with van der Waals surface area (Å²) in [5.74, 6) is 0.809. The summed E-state index contributed by atoms with van der Waals surface area (Å²) in [6, 6.07) is 5.35. The maximum atomic E-state index is 12.1. The van der Waals surface area contributed by atoms with E-state index in [1.54, 1.807) is 0 Å². The first-order valence-electron chi connectivity index (χ1n) is 7.87. The summed E-state index contributed by atoms with van der Waals surface area (Å²) in [7, 11) is 0. The summed E-state index contributed by atoms with van der Waals surface area (Å²) >= 11 is 0. The Kier molecular flexibility index (Phi) is 7.18. The number of urea groups is 1. The summed E-state index contributed by atoms with van der Waals surface area (Å²) in [5.41, 5.74) is 1.30. The van der Waals surface area contributed by atoms with E-state index in [2.05, 4.69) is 17.6 Å². The molecule has 0 aliphatic rings. The molecule has 0 spiro atoms. The van der Waals surface area contributed by atoms with Crippen LogP contribution in [-0.2, 0) is 0 Å². The lowest BCUT2D eigenvalue weighted by molar-refractivity contribution is 0.208. The van der Waals surface area contributed by atoms with Gasteiger partial charge in [-0.05, 0) is 56.9 Å². The van der Waals surface area contributed by atoms with Gasteiger partial charge < -0.3 is 20.5 Å². The van der Waals surface area contributed by atoms with Gasteiger partial charge in [0.05, 0.1) is 6.61 Å². The van der Waals surface area contributed by atoms with Crippen LogP contribution in [0.2, 0.25) is 0 Å². The minimum atomic E-state index is -0.406. The highest BCUT2D eigenvalue weighted by molar-refractivity contribution is 5.90. The Morgan fingerprint density at radius 1 is 1.36 bits per heavy atom. The summed E-state index contributed by atoms with van der Waals surface area (Å²) in [6.45, 7) is 8.64. The molecule has 1 unspecified atom stereocenters. The van der Waals surface area contributed by atoms with Crippen molar-refractivity contribution in [1.82, 2.24) is 5.32 Å². The predicted octanol–water partition coefficient (Wildman–Crippen LogP) is 3.46. The molecule has 0 heterocycles. The van der Waals surface area contributed by atoms with E-state index in [9.17, 15) is 4.79 Å². The van der Waals surface area contributed by atoms with Gasteiger partial charge in [0.1, 0.15) is 5.75 Å². The number of amides is 2. The minimum absolute atomic E-state index is 0.0487. The monoisotopic (exact) mass is 308 g/mol. The van der Waals surface area contributed by atoms with Crippen molar-refractivity contribution in [2.45, 2.75) is 52.5 Å². The number of ether oxygens (including phenoxy) is 1. The Hall–Kier alpha value is -1.75. The highest BCUT2D eigenvalue weighted by atomic mass is 16.5. The molecule has 0 bridgehead atoms. The molecule has 0 fully saturated rings. The number of hydrogen-bond donors (Lipinski definition) is 3. The van der Waals surface area contributed by atoms with E-state index in [1.807, 2.05) is 39.0 Å². The molecule has 1 rings (SSSR count). The highest BCUT2D eigenvalue weighted by Crippen LogP contribution is 2.22. The van der Waals surface area contributed by atoms with Crippen LogP contribution in [0.5, 0.6) is 5.75 Å². The number of anilines is 1. The highest BCUT2D eigenvalue weighted by Gasteiger charge is 2.23. The fraction of sp³-hybridized carbons (Fsp3) is 0.588. The summed E-state index contributed by atoms with van der Waals surface area (Å²) < 4.78 is 5.57. The first-order valence-corrected chi connectivity index (χ1v) is 7.87. The molecular weight excluding hydrogens is 280 g/mol. The molecular formula is C17H28N2O3. The number of carbonyl (C=O) groups is 1. The Morgan fingerprint density at radius 2 is 2.09 bits per heavy atom. The summed E-state index contributed by atoms with van der Waals surface area (Å²) in [4.78, 5) is 12.1. The largest absolute Gasteiger partial charge is 0.494 e. The second-order valence-corrected chi connectivity index (χ2v) is 5.79. The van der Waals surface area contributed by atoms with Gasteiger partial charge >= 0.3 is 6.03 Å². The molecule has 0 aliphatic heterocycles. The minimum Gasteiger partial charge on any atom is -0.494 e. The third-order valence-electron chi connectivity index (χ3n) is 3.78. The third kappa shape index (κ3) is 5.56. The van der Waals surface area contributed by atoms with Gasteiger partial charge in [-0.15, -0.1) is 0 Å². The van der Waals surface area contributed by atoms with Gasteiger partial charge in [0.25, 0.3) is 0 Å². The van der Waals surface area contributed by atoms with Gasteiger partial charge in [0.15, 0.2) is 0 Å². The molecule has 0 saturated heterocycles. The molecule has 124 valence electrons. The second-order valence-electron chi connectivity index (χ2n) is 5.79. The first-order chi connectivity index (χ1) is 10.4. The Labute approximate surface area is 133 Å². The van der Waals surface area contributed by atoms with Crippen molar-refractivity contribution < 1.29 is 14.6 Å². The molecule has 0 aromatic heterocycles. The number of aliphatic hydroxyl groups is 1. The van der Waals surface area contributed by atoms with E-state index in [0.717, 1.165) is 29.8 Å². The number of aryl methyl sites for hydroxylation is 1. The quantitative estimate of drug-likeness (QED) is 0.689. The van der Waals surface area contributed by atoms with E-state index >= 15 is 0 Å². The lowest BCUT2D eigenvalue weighted by atomic mass is 9.95. The average molecular weight is 308 g/mol. The number of nitrogens with one attached hydrogen (secondary N) is 2. The lowest BCUT2D eigenvalue weighted by Crippen LogP contribution is -2.48. The van der Waals surface area contributed by atoms with E-state index in [-0.39, 0.29) is 12.6 Å². The molecule has 22 heavy (non-hydrogen) atoms. The van der Waals surface area contributed by atoms with Crippen LogP contribution in [0.4, 0.5) is 10.5 Å². The van der Waals surface area contributed by atoms with Crippen LogP contribution in [0.15, 0.2) is 18.2 Å². The molecule has 1 atom stereocenters. The number of carbonyl (C=O) groups excluding carboxylic acids is 1. The molecule has 0 radical (unpaired) electrons. The zero-order chi connectivity index (χ0) is 16.6. The van der Waals surface area contributed by atoms with Crippen LogP contribution in [0.1, 0.15) is 45.6 Å². The first kappa shape index (κ1) is 18.3. The topological polar surface area (TPSA) is 70.6 Å². The van der Waals surface area contributed by atoms with Crippen LogP contribution in [-0.4, -0.2) is 29.9 Å². The summed E-state index contributed by atoms with van der Waals surface area (Å²) in [5, 5.41) is 14.9. The van der Waals surface area contributed by atoms with Gasteiger partial charge in [-0.3, -0.25) is 0 Å². The van der Waals surface area contributed by atoms with Crippen molar-refractivity contribution in [3.05, 3.63) is 23.8 Å². The van der Waals surface area contributed by atoms with Gasteiger partial charge in [0, 0.05) is 17.8 Å². The van der Waals surface area contributed by atoms with E-state index in [4.69, 9.17) is 9.84 Å². The van der Waals surface area contributed by atoms with Crippen molar-refractivity contribution in [2.75, 3.05) is 18.5 Å². The second kappa shape index (κ2) is 8.63. The number of rotatable bonds is 8. The van der Waals surface area contributed by atoms with Gasteiger partial charge in [-0.25, -0.2) is 4.79 Å². The van der Waals surface area contributed by atoms with Crippen LogP contribution in [0.3, 0.4) is 0 Å². The van der Waals surface area contributed by atoms with Crippen LogP contribution in [0.25, 0.3) is 0 Å². The predicted molar refractivity (Wildman–Crippen MR) is 89.5 cm³/mol. The normalized spacial score (nSPS) is 13.3. The van der Waals surface area contributed by atoms with Crippen molar-refractivity contribution in [3.8, 4) is 5.75 Å². The van der Waals surface area contributed by atoms with Crippen molar-refractivity contribution >= 4 is 11.7 Å². The van der Waals surface area contributed by atoms with Crippen molar-refractivity contribution in [1.29, 1.82) is 0 Å². The molecule has 1 aromatic rings. The molecule has 3 N–H and O–H groups in total. The van der Waals surface area contributed by atoms with E-state index in [0.29, 0.717) is 13.0 Å². The molecule has 0 aliphatic carbocycles. The third-order valence-corrected chi connectivity index (χ3v) is 3.78. The Bertz CT molecular complexity index is 491. The molecule has 5 nitrogen and oxygen atoms in total. The van der Waals surface area contributed by atoms with E-state index in [1.165, 1.54) is 0 Å². The maximum Gasteiger partial charge on any atom is 0.319 e.